The van der Waals surface area contributed by atoms with Crippen molar-refractivity contribution < 1.29 is 24.2 Å². The van der Waals surface area contributed by atoms with Crippen LogP contribution in [0.3, 0.4) is 0 Å². The summed E-state index contributed by atoms with van der Waals surface area (Å²) in [7, 11) is 0. The van der Waals surface area contributed by atoms with Gasteiger partial charge in [-0.1, -0.05) is 35.9 Å². The third-order valence-corrected chi connectivity index (χ3v) is 4.90. The van der Waals surface area contributed by atoms with Crippen molar-refractivity contribution in [3.63, 3.8) is 0 Å². The van der Waals surface area contributed by atoms with Gasteiger partial charge < -0.3 is 14.6 Å². The number of fused-ring (bicyclic) bond motifs is 1. The highest BCUT2D eigenvalue weighted by molar-refractivity contribution is 6.33. The average molecular weight is 435 g/mol. The summed E-state index contributed by atoms with van der Waals surface area (Å²) in [5, 5.41) is 24.9. The average Bonchev–Trinajstić information content (AvgIpc) is 3.22. The van der Waals surface area contributed by atoms with Crippen molar-refractivity contribution in [3.05, 3.63) is 88.6 Å². The molecular weight excluding hydrogens is 420 g/mol. The van der Waals surface area contributed by atoms with Crippen LogP contribution in [0.4, 0.5) is 0 Å². The van der Waals surface area contributed by atoms with E-state index in [0.29, 0.717) is 17.1 Å². The normalized spacial score (nSPS) is 11.1. The number of phenolic OH excluding ortho intramolecular Hbond substituents is 1. The van der Waals surface area contributed by atoms with Gasteiger partial charge in [-0.25, -0.2) is 10.2 Å². The van der Waals surface area contributed by atoms with Crippen LogP contribution in [0.2, 0.25) is 5.02 Å². The Morgan fingerprint density at radius 2 is 1.71 bits per heavy atom. The molecule has 0 bridgehead atoms. The molecule has 154 valence electrons. The minimum absolute atomic E-state index is 0.0340. The number of aromatic hydroxyl groups is 1. The lowest BCUT2D eigenvalue weighted by molar-refractivity contribution is 0.0696. The molecule has 7 nitrogen and oxygen atoms in total. The van der Waals surface area contributed by atoms with Crippen molar-refractivity contribution in [2.45, 2.75) is 0 Å². The van der Waals surface area contributed by atoms with Gasteiger partial charge in [-0.3, -0.25) is 4.79 Å². The van der Waals surface area contributed by atoms with Crippen LogP contribution in [-0.2, 0) is 0 Å². The van der Waals surface area contributed by atoms with Crippen LogP contribution in [0.5, 0.6) is 5.75 Å². The van der Waals surface area contributed by atoms with E-state index in [9.17, 15) is 19.8 Å². The van der Waals surface area contributed by atoms with Crippen molar-refractivity contribution in [3.8, 4) is 17.1 Å². The fourth-order valence-electron chi connectivity index (χ4n) is 3.04. The Hall–Kier alpha value is -4.10. The second kappa shape index (κ2) is 8.33. The number of nitrogens with one attached hydrogen (secondary N) is 1. The van der Waals surface area contributed by atoms with Crippen molar-refractivity contribution in [1.29, 1.82) is 0 Å². The molecule has 0 atom stereocenters. The van der Waals surface area contributed by atoms with E-state index >= 15 is 0 Å². The van der Waals surface area contributed by atoms with Gasteiger partial charge in [0.1, 0.15) is 17.3 Å². The van der Waals surface area contributed by atoms with Crippen molar-refractivity contribution in [2.75, 3.05) is 0 Å². The van der Waals surface area contributed by atoms with E-state index in [2.05, 4.69) is 10.5 Å². The number of carboxylic acids is 1. The highest BCUT2D eigenvalue weighted by atomic mass is 35.5. The largest absolute Gasteiger partial charge is 0.507 e. The van der Waals surface area contributed by atoms with E-state index in [1.807, 2.05) is 24.3 Å². The Kier molecular flexibility index (Phi) is 5.43. The predicted molar refractivity (Wildman–Crippen MR) is 117 cm³/mol. The number of aromatic carboxylic acids is 1. The van der Waals surface area contributed by atoms with Gasteiger partial charge in [-0.15, -0.1) is 0 Å². The Bertz CT molecular complexity index is 1340. The van der Waals surface area contributed by atoms with Gasteiger partial charge in [0.2, 0.25) is 0 Å². The maximum absolute atomic E-state index is 12.4. The molecule has 1 heterocycles. The first-order valence-electron chi connectivity index (χ1n) is 9.10. The number of hydrogen-bond donors (Lipinski definition) is 3. The number of rotatable bonds is 5. The summed E-state index contributed by atoms with van der Waals surface area (Å²) in [5.41, 5.74) is 2.94. The van der Waals surface area contributed by atoms with Crippen LogP contribution >= 0.6 is 11.6 Å². The van der Waals surface area contributed by atoms with Gasteiger partial charge in [0.05, 0.1) is 22.4 Å². The summed E-state index contributed by atoms with van der Waals surface area (Å²) in [6.07, 6.45) is 1.30. The molecule has 0 radical (unpaired) electrons. The summed E-state index contributed by atoms with van der Waals surface area (Å²) >= 11 is 5.89. The van der Waals surface area contributed by atoms with Crippen LogP contribution in [0.1, 0.15) is 26.5 Å². The molecule has 3 N–H and O–H groups in total. The molecule has 1 aromatic heterocycles. The maximum Gasteiger partial charge on any atom is 0.337 e. The number of hydrazone groups is 1. The Balaban J connectivity index is 1.49. The first kappa shape index (κ1) is 20.2. The third kappa shape index (κ3) is 4.26. The minimum Gasteiger partial charge on any atom is -0.507 e. The molecule has 0 aliphatic rings. The van der Waals surface area contributed by atoms with Crippen molar-refractivity contribution >= 4 is 40.5 Å². The van der Waals surface area contributed by atoms with E-state index in [0.717, 1.165) is 10.8 Å². The number of amides is 1. The molecule has 0 aliphatic carbocycles. The second-order valence-electron chi connectivity index (χ2n) is 6.62. The number of carbonyl (C=O) groups excluding carboxylic acids is 1. The number of carbonyl (C=O) groups is 2. The van der Waals surface area contributed by atoms with Crippen molar-refractivity contribution in [1.82, 2.24) is 5.43 Å². The first-order chi connectivity index (χ1) is 14.9. The van der Waals surface area contributed by atoms with Crippen LogP contribution in [-0.4, -0.2) is 28.3 Å². The summed E-state index contributed by atoms with van der Waals surface area (Å²) in [6.45, 7) is 0. The Labute approximate surface area is 181 Å². The van der Waals surface area contributed by atoms with Gasteiger partial charge in [-0.2, -0.15) is 5.10 Å². The number of phenols is 1. The van der Waals surface area contributed by atoms with E-state index in [1.165, 1.54) is 24.4 Å². The lowest BCUT2D eigenvalue weighted by atomic mass is 10.1. The standard InChI is InChI=1S/C23H15ClN2O5/c24-19-7-5-15(10-17(19)23(29)30)21-8-6-16(31-21)12-25-26-22(28)18-9-13-3-1-2-4-14(13)11-20(18)27/h1-12,27H,(H,26,28)(H,29,30). The van der Waals surface area contributed by atoms with Gasteiger partial charge in [0.15, 0.2) is 0 Å². The predicted octanol–water partition coefficient (Wildman–Crippen LogP) is 4.92. The molecule has 0 fully saturated rings. The highest BCUT2D eigenvalue weighted by Crippen LogP contribution is 2.27. The lowest BCUT2D eigenvalue weighted by Gasteiger charge is -2.05. The number of hydrogen-bond acceptors (Lipinski definition) is 5. The summed E-state index contributed by atoms with van der Waals surface area (Å²) in [5.74, 6) is -1.11. The molecule has 4 aromatic rings. The zero-order chi connectivity index (χ0) is 22.0. The molecule has 0 unspecified atom stereocenters. The molecule has 3 aromatic carbocycles. The quantitative estimate of drug-likeness (QED) is 0.305. The summed E-state index contributed by atoms with van der Waals surface area (Å²) in [6, 6.07) is 18.3. The maximum atomic E-state index is 12.4. The SMILES string of the molecule is O=C(NN=Cc1ccc(-c2ccc(Cl)c(C(=O)O)c2)o1)c1cc2ccccc2cc1O. The zero-order valence-electron chi connectivity index (χ0n) is 15.9. The smallest absolute Gasteiger partial charge is 0.337 e. The highest BCUT2D eigenvalue weighted by Gasteiger charge is 2.13. The molecule has 1 amide bonds. The topological polar surface area (TPSA) is 112 Å². The summed E-state index contributed by atoms with van der Waals surface area (Å²) in [4.78, 5) is 23.6. The summed E-state index contributed by atoms with van der Waals surface area (Å²) < 4.78 is 5.63. The van der Waals surface area contributed by atoms with E-state index < -0.39 is 11.9 Å². The van der Waals surface area contributed by atoms with Crippen molar-refractivity contribution in [2.24, 2.45) is 5.10 Å². The van der Waals surface area contributed by atoms with Gasteiger partial charge in [-0.05, 0) is 53.2 Å². The molecular formula is C23H15ClN2O5. The van der Waals surface area contributed by atoms with Crippen LogP contribution < -0.4 is 5.43 Å². The number of furan rings is 1. The molecule has 0 spiro atoms. The first-order valence-corrected chi connectivity index (χ1v) is 9.48. The number of benzene rings is 3. The molecule has 31 heavy (non-hydrogen) atoms. The fraction of sp³-hybridized carbons (Fsp3) is 0. The van der Waals surface area contributed by atoms with E-state index in [1.54, 1.807) is 24.3 Å². The lowest BCUT2D eigenvalue weighted by Crippen LogP contribution is -2.17. The number of nitrogens with zero attached hydrogens (tertiary/aromatic N) is 1. The molecule has 0 saturated carbocycles. The van der Waals surface area contributed by atoms with Crippen LogP contribution in [0, 0.1) is 0 Å². The zero-order valence-corrected chi connectivity index (χ0v) is 16.6. The second-order valence-corrected chi connectivity index (χ2v) is 7.02. The minimum atomic E-state index is -1.14. The van der Waals surface area contributed by atoms with Gasteiger partial charge in [0, 0.05) is 5.56 Å². The molecule has 4 rings (SSSR count). The monoisotopic (exact) mass is 434 g/mol. The van der Waals surface area contributed by atoms with Crippen LogP contribution in [0.15, 0.2) is 76.2 Å². The Morgan fingerprint density at radius 1 is 0.968 bits per heavy atom. The van der Waals surface area contributed by atoms with E-state index in [4.69, 9.17) is 16.0 Å². The molecule has 8 heteroatoms. The van der Waals surface area contributed by atoms with Gasteiger partial charge >= 0.3 is 5.97 Å². The van der Waals surface area contributed by atoms with Crippen LogP contribution in [0.25, 0.3) is 22.1 Å². The Morgan fingerprint density at radius 3 is 2.45 bits per heavy atom. The number of halogens is 1. The molecule has 0 aliphatic heterocycles. The van der Waals surface area contributed by atoms with Gasteiger partial charge in [0.25, 0.3) is 5.91 Å². The number of carboxylic acid groups (broad SMARTS) is 1. The van der Waals surface area contributed by atoms with E-state index in [-0.39, 0.29) is 21.9 Å². The fourth-order valence-corrected chi connectivity index (χ4v) is 3.24. The third-order valence-electron chi connectivity index (χ3n) is 4.57. The molecule has 0 saturated heterocycles.